The number of hydrogen-bond acceptors (Lipinski definition) is 15. The Morgan fingerprint density at radius 3 is 1.57 bits per heavy atom. The molecule has 1 amide bonds. The van der Waals surface area contributed by atoms with E-state index in [4.69, 9.17) is 32.7 Å². The van der Waals surface area contributed by atoms with E-state index in [1.54, 1.807) is 104 Å². The predicted molar refractivity (Wildman–Crippen MR) is 285 cm³/mol. The number of nitrogens with one attached hydrogen (secondary N) is 1. The maximum absolute atomic E-state index is 13.4. The van der Waals surface area contributed by atoms with Crippen molar-refractivity contribution in [1.29, 1.82) is 0 Å². The van der Waals surface area contributed by atoms with E-state index in [2.05, 4.69) is 30.8 Å². The zero-order chi connectivity index (χ0) is 53.5. The van der Waals surface area contributed by atoms with Crippen LogP contribution >= 0.6 is 23.2 Å². The third-order valence-corrected chi connectivity index (χ3v) is 14.0. The molecular formula is C52H42BaCl2N6O12S2. The summed E-state index contributed by atoms with van der Waals surface area (Å²) in [6, 6.07) is 35.4. The van der Waals surface area contributed by atoms with Crippen LogP contribution in [0.5, 0.6) is 23.0 Å². The Labute approximate surface area is 481 Å². The number of anilines is 1. The van der Waals surface area contributed by atoms with Crippen molar-refractivity contribution in [2.45, 2.75) is 36.5 Å². The summed E-state index contributed by atoms with van der Waals surface area (Å²) < 4.78 is 76.4. The molecule has 0 bridgehead atoms. The number of aromatic hydroxyl groups is 1. The molecule has 0 aliphatic rings. The van der Waals surface area contributed by atoms with Crippen molar-refractivity contribution in [3.8, 4) is 23.0 Å². The van der Waals surface area contributed by atoms with Gasteiger partial charge in [0.1, 0.15) is 44.0 Å². The smallest absolute Gasteiger partial charge is 0.871 e. The van der Waals surface area contributed by atoms with Gasteiger partial charge in [0.15, 0.2) is 5.75 Å². The molecule has 4 N–H and O–H groups in total. The third-order valence-electron chi connectivity index (χ3n) is 11.3. The van der Waals surface area contributed by atoms with Gasteiger partial charge in [-0.15, -0.1) is 15.3 Å². The minimum Gasteiger partial charge on any atom is -0.871 e. The van der Waals surface area contributed by atoms with Crippen LogP contribution in [0.3, 0.4) is 0 Å². The van der Waals surface area contributed by atoms with Gasteiger partial charge >= 0.3 is 48.9 Å². The number of carbonyl (C=O) groups is 1. The number of phenols is 1. The molecule has 8 rings (SSSR count). The Hall–Kier alpha value is -6.41. The number of nitrogens with zero attached hydrogens (tertiary/aromatic N) is 5. The second kappa shape index (κ2) is 25.0. The Morgan fingerprint density at radius 2 is 1.05 bits per heavy atom. The monoisotopic (exact) mass is 1210 g/mol. The first-order valence-electron chi connectivity index (χ1n) is 22.0. The summed E-state index contributed by atoms with van der Waals surface area (Å²) in [5, 5.41) is 58.3. The van der Waals surface area contributed by atoms with Crippen LogP contribution in [0.25, 0.3) is 21.5 Å². The van der Waals surface area contributed by atoms with Crippen molar-refractivity contribution >= 4 is 160 Å². The number of methoxy groups -OCH3 is 2. The fraction of sp³-hybridized carbons (Fsp3) is 0.115. The molecule has 0 unspecified atom stereocenters. The van der Waals surface area contributed by atoms with E-state index >= 15 is 0 Å². The number of halogens is 2. The maximum Gasteiger partial charge on any atom is 2.00 e. The van der Waals surface area contributed by atoms with Gasteiger partial charge in [-0.1, -0.05) is 128 Å². The zero-order valence-corrected chi connectivity index (χ0v) is 47.7. The first-order valence-corrected chi connectivity index (χ1v) is 25.7. The van der Waals surface area contributed by atoms with Crippen LogP contribution in [0.1, 0.15) is 40.9 Å². The van der Waals surface area contributed by atoms with Crippen LogP contribution in [-0.4, -0.2) is 106 Å². The molecule has 0 spiro atoms. The summed E-state index contributed by atoms with van der Waals surface area (Å²) in [5.74, 6) is -1.75. The first kappa shape index (κ1) is 57.9. The summed E-state index contributed by atoms with van der Waals surface area (Å²) in [4.78, 5) is 16.2. The normalized spacial score (nSPS) is 11.9. The molecule has 75 heavy (non-hydrogen) atoms. The van der Waals surface area contributed by atoms with Gasteiger partial charge in [0.25, 0.3) is 26.1 Å². The van der Waals surface area contributed by atoms with Crippen LogP contribution in [0, 0.1) is 0 Å². The number of aliphatic imine (C=N–C) groups is 1. The minimum atomic E-state index is -4.62. The predicted octanol–water partition coefficient (Wildman–Crippen LogP) is 11.5. The molecule has 0 aromatic heterocycles. The fourth-order valence-electron chi connectivity index (χ4n) is 7.55. The molecule has 23 heteroatoms. The van der Waals surface area contributed by atoms with Gasteiger partial charge in [0.05, 0.1) is 41.2 Å². The maximum atomic E-state index is 13.4. The third kappa shape index (κ3) is 13.0. The van der Waals surface area contributed by atoms with Gasteiger partial charge in [-0.05, 0) is 94.7 Å². The number of aryl methyl sites for hydroxylation is 2. The molecule has 8 aromatic rings. The molecule has 0 fully saturated rings. The van der Waals surface area contributed by atoms with Crippen molar-refractivity contribution < 1.29 is 55.5 Å². The summed E-state index contributed by atoms with van der Waals surface area (Å²) in [7, 11) is -6.31. The average molecular weight is 1220 g/mol. The first-order chi connectivity index (χ1) is 35.3. The van der Waals surface area contributed by atoms with Gasteiger partial charge in [0, 0.05) is 10.8 Å². The van der Waals surface area contributed by atoms with Crippen LogP contribution < -0.4 is 25.0 Å². The SMILES string of the molecule is CCc1ccc(S(=O)(=O)O)c(Cl)c1N=Nc1c(O)c(C(=O)Nc2ccccc2OC)cc2ccccc12.CCc1ccc(S(=O)(=O)O)c(Cl)c1N=Nc1c([O-])c(C([O-])=Nc2ccccc2OC)cc2ccccc12.[Ba+2]. The van der Waals surface area contributed by atoms with Crippen molar-refractivity contribution in [2.75, 3.05) is 19.5 Å². The molecule has 0 atom stereocenters. The number of azo groups is 2. The number of rotatable bonds is 14. The van der Waals surface area contributed by atoms with Crippen molar-refractivity contribution in [1.82, 2.24) is 0 Å². The largest absolute Gasteiger partial charge is 2.00 e. The molecular weight excluding hydrogens is 1170 g/mol. The second-order valence-corrected chi connectivity index (χ2v) is 19.3. The van der Waals surface area contributed by atoms with Crippen LogP contribution in [-0.2, 0) is 33.1 Å². The van der Waals surface area contributed by atoms with Gasteiger partial charge in [-0.2, -0.15) is 21.9 Å². The Morgan fingerprint density at radius 1 is 0.613 bits per heavy atom. The molecule has 8 aromatic carbocycles. The summed E-state index contributed by atoms with van der Waals surface area (Å²) in [6.07, 6.45) is 0.856. The number of hydrogen-bond donors (Lipinski definition) is 4. The molecule has 0 saturated heterocycles. The molecule has 0 aliphatic heterocycles. The number of amides is 1. The summed E-state index contributed by atoms with van der Waals surface area (Å²) in [5.41, 5.74) is 1.32. The van der Waals surface area contributed by atoms with Crippen molar-refractivity contribution in [3.05, 3.63) is 166 Å². The second-order valence-electron chi connectivity index (χ2n) is 15.7. The molecule has 380 valence electrons. The van der Waals surface area contributed by atoms with E-state index in [9.17, 15) is 46.1 Å². The summed E-state index contributed by atoms with van der Waals surface area (Å²) in [6.45, 7) is 3.61. The van der Waals surface area contributed by atoms with E-state index in [0.29, 0.717) is 62.7 Å². The summed E-state index contributed by atoms with van der Waals surface area (Å²) >= 11 is 12.5. The number of fused-ring (bicyclic) bond motifs is 2. The molecule has 18 nitrogen and oxygen atoms in total. The zero-order valence-electron chi connectivity index (χ0n) is 40.1. The topological polar surface area (TPSA) is 284 Å². The number of benzene rings is 8. The minimum absolute atomic E-state index is 0. The number of ether oxygens (including phenoxy) is 2. The van der Waals surface area contributed by atoms with E-state index in [1.807, 2.05) is 6.92 Å². The Kier molecular flexibility index (Phi) is 19.3. The molecule has 0 heterocycles. The van der Waals surface area contributed by atoms with Crippen molar-refractivity contribution in [2.24, 2.45) is 25.4 Å². The van der Waals surface area contributed by atoms with E-state index in [-0.39, 0.29) is 98.5 Å². The molecule has 0 saturated carbocycles. The Balaban J connectivity index is 0.000000241. The van der Waals surface area contributed by atoms with Crippen molar-refractivity contribution in [3.63, 3.8) is 0 Å². The van der Waals surface area contributed by atoms with E-state index < -0.39 is 53.3 Å². The van der Waals surface area contributed by atoms with Crippen LogP contribution in [0.15, 0.2) is 169 Å². The Bertz CT molecular complexity index is 3830. The number of carbonyl (C=O) groups excluding carboxylic acids is 1. The van der Waals surface area contributed by atoms with Gasteiger partial charge in [-0.3, -0.25) is 18.9 Å². The van der Waals surface area contributed by atoms with Gasteiger partial charge in [0.2, 0.25) is 0 Å². The van der Waals surface area contributed by atoms with E-state index in [1.165, 1.54) is 50.6 Å². The quantitative estimate of drug-likeness (QED) is 0.0260. The molecule has 0 radical (unpaired) electrons. The van der Waals surface area contributed by atoms with Crippen LogP contribution in [0.2, 0.25) is 10.0 Å². The molecule has 0 aliphatic carbocycles. The standard InChI is InChI=1S/2C26H22ClN3O6S.Ba/c2*1-3-15-12-13-21(37(33,34)35)22(27)23(15)29-30-24-17-9-5-4-8-16(17)14-18(25(24)31)26(32)28-19-10-6-7-11-20(19)36-2;/h2*4-14,31H,3H2,1-2H3,(H,28,32)(H,33,34,35);/q;;+2/p-2. The fourth-order valence-corrected chi connectivity index (χ4v) is 9.70. The van der Waals surface area contributed by atoms with E-state index in [0.717, 1.165) is 0 Å². The number of para-hydroxylation sites is 4. The average Bonchev–Trinajstić information content (AvgIpc) is 3.38. The number of phenolic OH excluding ortho intramolecular Hbond substituents is 1. The van der Waals surface area contributed by atoms with Gasteiger partial charge < -0.3 is 30.1 Å². The van der Waals surface area contributed by atoms with Gasteiger partial charge in [-0.25, -0.2) is 0 Å². The van der Waals surface area contributed by atoms with Crippen LogP contribution in [0.4, 0.5) is 34.1 Å².